The number of hydrogen-bond acceptors (Lipinski definition) is 6. The first kappa shape index (κ1) is 31.1. The van der Waals surface area contributed by atoms with Crippen molar-refractivity contribution in [2.45, 2.75) is 109 Å². The molecular weight excluding hydrogens is 510 g/mol. The molecule has 0 aromatic heterocycles. The van der Waals surface area contributed by atoms with Crippen molar-refractivity contribution in [2.75, 3.05) is 13.2 Å². The van der Waals surface area contributed by atoms with E-state index in [4.69, 9.17) is 14.6 Å². The number of carbonyl (C=O) groups is 2. The van der Waals surface area contributed by atoms with Crippen LogP contribution in [-0.4, -0.2) is 54.2 Å². The molecule has 0 unspecified atom stereocenters. The number of aliphatic carboxylic acids is 1. The highest BCUT2D eigenvalue weighted by Crippen LogP contribution is 2.48. The molecule has 9 heteroatoms. The van der Waals surface area contributed by atoms with E-state index in [0.29, 0.717) is 31.4 Å². The minimum atomic E-state index is -2.74. The van der Waals surface area contributed by atoms with E-state index >= 15 is 0 Å². The van der Waals surface area contributed by atoms with E-state index in [0.717, 1.165) is 43.2 Å². The number of alkyl halides is 2. The number of carbonyl (C=O) groups excluding carboxylic acids is 1. The number of aliphatic hydroxyl groups excluding tert-OH is 1. The van der Waals surface area contributed by atoms with Gasteiger partial charge in [-0.25, -0.2) is 18.4 Å². The zero-order valence-electron chi connectivity index (χ0n) is 23.0. The highest BCUT2D eigenvalue weighted by atomic mass is 19.3. The molecular formula is C30H44F2O7. The van der Waals surface area contributed by atoms with Gasteiger partial charge in [-0.15, -0.1) is 0 Å². The van der Waals surface area contributed by atoms with Gasteiger partial charge in [0.2, 0.25) is 0 Å². The van der Waals surface area contributed by atoms with Crippen molar-refractivity contribution < 1.29 is 42.8 Å². The smallest absolute Gasteiger partial charge is 0.482 e. The van der Waals surface area contributed by atoms with E-state index in [9.17, 15) is 23.5 Å². The normalized spacial score (nSPS) is 22.7. The largest absolute Gasteiger partial charge is 0.508 e. The summed E-state index contributed by atoms with van der Waals surface area (Å²) < 4.78 is 40.5. The third-order valence-corrected chi connectivity index (χ3v) is 8.24. The number of aliphatic hydroxyl groups is 1. The van der Waals surface area contributed by atoms with Crippen LogP contribution in [0.15, 0.2) is 18.2 Å². The second kappa shape index (κ2) is 16.0. The molecule has 1 aromatic rings. The van der Waals surface area contributed by atoms with Crippen LogP contribution >= 0.6 is 0 Å². The van der Waals surface area contributed by atoms with Crippen LogP contribution in [0.1, 0.15) is 88.7 Å². The van der Waals surface area contributed by atoms with Gasteiger partial charge in [-0.2, -0.15) is 0 Å². The summed E-state index contributed by atoms with van der Waals surface area (Å²) in [5.41, 5.74) is 2.14. The van der Waals surface area contributed by atoms with Crippen LogP contribution < -0.4 is 4.74 Å². The predicted molar refractivity (Wildman–Crippen MR) is 142 cm³/mol. The zero-order valence-corrected chi connectivity index (χ0v) is 23.0. The highest BCUT2D eigenvalue weighted by molar-refractivity contribution is 5.68. The van der Waals surface area contributed by atoms with Crippen molar-refractivity contribution in [2.24, 2.45) is 17.8 Å². The molecule has 0 bridgehead atoms. The number of hydrogen-bond donors (Lipinski definition) is 2. The standard InChI is InChI=1S/C30H44F2O7/c1-2-3-4-5-6-7-8-11-22(39-30(36)38-18-28(31)32)13-14-23-24-15-20-10-9-12-27(37-19-29(34)35)25(20)16-21(24)17-26(23)33/h9-10,12,21-24,26,28,33H,2-8,11,13-19H2,1H3,(H,34,35)/t21-,22-,23+,24-,26+/m0/s1. The molecule has 0 aliphatic heterocycles. The van der Waals surface area contributed by atoms with Crippen molar-refractivity contribution in [3.8, 4) is 5.75 Å². The second-order valence-electron chi connectivity index (χ2n) is 11.1. The van der Waals surface area contributed by atoms with E-state index in [1.54, 1.807) is 6.07 Å². The maximum absolute atomic E-state index is 12.5. The summed E-state index contributed by atoms with van der Waals surface area (Å²) in [6.07, 6.45) is 7.10. The summed E-state index contributed by atoms with van der Waals surface area (Å²) in [6, 6.07) is 5.70. The first-order valence-corrected chi connectivity index (χ1v) is 14.5. The third-order valence-electron chi connectivity index (χ3n) is 8.24. The van der Waals surface area contributed by atoms with Crippen LogP contribution in [0.25, 0.3) is 0 Å². The van der Waals surface area contributed by atoms with Crippen molar-refractivity contribution in [1.82, 2.24) is 0 Å². The molecule has 2 aliphatic rings. The maximum atomic E-state index is 12.5. The second-order valence-corrected chi connectivity index (χ2v) is 11.1. The Kier molecular flexibility index (Phi) is 12.8. The number of carboxylic acids is 1. The SMILES string of the molecule is CCCCCCCCC[C@@H](CC[C@@H]1[C@H]2Cc3cccc(OCC(=O)O)c3C[C@H]2C[C@H]1O)OC(=O)OCC(F)F. The molecule has 1 aromatic carbocycles. The van der Waals surface area contributed by atoms with E-state index in [1.807, 2.05) is 12.1 Å². The predicted octanol–water partition coefficient (Wildman–Crippen LogP) is 6.57. The molecule has 1 fully saturated rings. The Morgan fingerprint density at radius 2 is 1.79 bits per heavy atom. The summed E-state index contributed by atoms with van der Waals surface area (Å²) in [5, 5.41) is 20.0. The highest BCUT2D eigenvalue weighted by Gasteiger charge is 2.45. The minimum Gasteiger partial charge on any atom is -0.482 e. The van der Waals surface area contributed by atoms with Gasteiger partial charge in [0.25, 0.3) is 6.43 Å². The van der Waals surface area contributed by atoms with Gasteiger partial charge in [-0.3, -0.25) is 0 Å². The van der Waals surface area contributed by atoms with Crippen LogP contribution in [0.3, 0.4) is 0 Å². The molecule has 2 aliphatic carbocycles. The Hall–Kier alpha value is -2.42. The molecule has 0 heterocycles. The van der Waals surface area contributed by atoms with Gasteiger partial charge in [0.15, 0.2) is 13.2 Å². The molecule has 0 spiro atoms. The molecule has 0 amide bonds. The molecule has 2 N–H and O–H groups in total. The Bertz CT molecular complexity index is 909. The minimum absolute atomic E-state index is 0.0315. The molecule has 0 saturated heterocycles. The van der Waals surface area contributed by atoms with Gasteiger partial charge < -0.3 is 24.4 Å². The fraction of sp³-hybridized carbons (Fsp3) is 0.733. The molecule has 1 saturated carbocycles. The summed E-state index contributed by atoms with van der Waals surface area (Å²) >= 11 is 0. The number of carboxylic acid groups (broad SMARTS) is 1. The summed E-state index contributed by atoms with van der Waals surface area (Å²) in [5.74, 6) is 0.113. The van der Waals surface area contributed by atoms with Gasteiger partial charge in [-0.1, -0.05) is 57.6 Å². The van der Waals surface area contributed by atoms with Gasteiger partial charge in [-0.05, 0) is 79.9 Å². The molecule has 39 heavy (non-hydrogen) atoms. The first-order chi connectivity index (χ1) is 18.8. The van der Waals surface area contributed by atoms with Crippen LogP contribution in [-0.2, 0) is 27.1 Å². The summed E-state index contributed by atoms with van der Waals surface area (Å²) in [6.45, 7) is 0.806. The van der Waals surface area contributed by atoms with E-state index < -0.39 is 44.0 Å². The summed E-state index contributed by atoms with van der Waals surface area (Å²) in [7, 11) is 0. The van der Waals surface area contributed by atoms with Crippen LogP contribution in [0.5, 0.6) is 5.75 Å². The fourth-order valence-corrected chi connectivity index (χ4v) is 6.35. The third kappa shape index (κ3) is 9.92. The molecule has 220 valence electrons. The van der Waals surface area contributed by atoms with E-state index in [1.165, 1.54) is 25.7 Å². The van der Waals surface area contributed by atoms with Crippen molar-refractivity contribution in [3.05, 3.63) is 29.3 Å². The lowest BCUT2D eigenvalue weighted by atomic mass is 9.73. The van der Waals surface area contributed by atoms with Crippen molar-refractivity contribution in [1.29, 1.82) is 0 Å². The average Bonchev–Trinajstić information content (AvgIpc) is 3.20. The monoisotopic (exact) mass is 554 g/mol. The van der Waals surface area contributed by atoms with E-state index in [-0.39, 0.29) is 17.8 Å². The number of ether oxygens (including phenoxy) is 3. The number of unbranched alkanes of at least 4 members (excludes halogenated alkanes) is 6. The Morgan fingerprint density at radius 3 is 2.51 bits per heavy atom. The number of benzene rings is 1. The summed E-state index contributed by atoms with van der Waals surface area (Å²) in [4.78, 5) is 23.0. The van der Waals surface area contributed by atoms with Gasteiger partial charge in [0.05, 0.1) is 6.10 Å². The molecule has 0 radical (unpaired) electrons. The van der Waals surface area contributed by atoms with Crippen LogP contribution in [0.4, 0.5) is 13.6 Å². The molecule has 7 nitrogen and oxygen atoms in total. The number of rotatable bonds is 17. The van der Waals surface area contributed by atoms with Gasteiger partial charge in [0, 0.05) is 0 Å². The lowest BCUT2D eigenvalue weighted by Gasteiger charge is -2.32. The number of halogens is 2. The van der Waals surface area contributed by atoms with Crippen LogP contribution in [0, 0.1) is 17.8 Å². The lowest BCUT2D eigenvalue weighted by Crippen LogP contribution is -2.29. The van der Waals surface area contributed by atoms with Gasteiger partial charge >= 0.3 is 12.1 Å². The van der Waals surface area contributed by atoms with Crippen molar-refractivity contribution in [3.63, 3.8) is 0 Å². The average molecular weight is 555 g/mol. The Morgan fingerprint density at radius 1 is 1.05 bits per heavy atom. The lowest BCUT2D eigenvalue weighted by molar-refractivity contribution is -0.139. The quantitative estimate of drug-likeness (QED) is 0.166. The first-order valence-electron chi connectivity index (χ1n) is 14.5. The van der Waals surface area contributed by atoms with Crippen molar-refractivity contribution >= 4 is 12.1 Å². The number of fused-ring (bicyclic) bond motifs is 2. The zero-order chi connectivity index (χ0) is 28.2. The Balaban J connectivity index is 1.58. The maximum Gasteiger partial charge on any atom is 0.508 e. The van der Waals surface area contributed by atoms with Gasteiger partial charge in [0.1, 0.15) is 11.9 Å². The van der Waals surface area contributed by atoms with E-state index in [2.05, 4.69) is 11.7 Å². The van der Waals surface area contributed by atoms with Crippen LogP contribution in [0.2, 0.25) is 0 Å². The Labute approximate surface area is 230 Å². The molecule has 5 atom stereocenters. The fourth-order valence-electron chi connectivity index (χ4n) is 6.35. The topological polar surface area (TPSA) is 102 Å². The molecule has 3 rings (SSSR count).